The molecule has 0 spiro atoms. The summed E-state index contributed by atoms with van der Waals surface area (Å²) in [5, 5.41) is 9.04. The molecule has 0 saturated carbocycles. The van der Waals surface area contributed by atoms with Gasteiger partial charge in [0.05, 0.1) is 29.3 Å². The van der Waals surface area contributed by atoms with Gasteiger partial charge in [-0.25, -0.2) is 0 Å². The number of likely N-dealkylation sites (N-methyl/N-ethyl adjacent to an activating group) is 1. The fourth-order valence-corrected chi connectivity index (χ4v) is 3.56. The standard InChI is InChI=1S/C19H24N6/c1-13-6-14(7-15-11-25(3)23-19(13)15)18-10-21-16(8-22-18)12-24(2)17-4-5-20-9-17/h6-8,10-11,17,20H,4-5,9,12H2,1-3H3. The Bertz CT molecular complexity index is 877. The molecule has 25 heavy (non-hydrogen) atoms. The molecule has 0 amide bonds. The van der Waals surface area contributed by atoms with Crippen LogP contribution >= 0.6 is 0 Å². The van der Waals surface area contributed by atoms with E-state index in [2.05, 4.69) is 51.4 Å². The Morgan fingerprint density at radius 1 is 1.28 bits per heavy atom. The second kappa shape index (κ2) is 6.54. The molecule has 1 unspecified atom stereocenters. The summed E-state index contributed by atoms with van der Waals surface area (Å²) in [6.07, 6.45) is 7.02. The molecular formula is C19H24N6. The van der Waals surface area contributed by atoms with E-state index in [-0.39, 0.29) is 0 Å². The third-order valence-electron chi connectivity index (χ3n) is 4.98. The molecule has 1 aliphatic heterocycles. The molecule has 0 radical (unpaired) electrons. The topological polar surface area (TPSA) is 58.9 Å². The van der Waals surface area contributed by atoms with E-state index in [1.54, 1.807) is 0 Å². The quantitative estimate of drug-likeness (QED) is 0.791. The first-order chi connectivity index (χ1) is 12.1. The van der Waals surface area contributed by atoms with Gasteiger partial charge in [0, 0.05) is 43.3 Å². The van der Waals surface area contributed by atoms with Gasteiger partial charge in [-0.05, 0) is 44.6 Å². The summed E-state index contributed by atoms with van der Waals surface area (Å²) in [4.78, 5) is 11.6. The highest BCUT2D eigenvalue weighted by Crippen LogP contribution is 2.25. The van der Waals surface area contributed by atoms with Gasteiger partial charge in [0.25, 0.3) is 0 Å². The van der Waals surface area contributed by atoms with Gasteiger partial charge in [-0.1, -0.05) is 0 Å². The van der Waals surface area contributed by atoms with Crippen LogP contribution in [0.25, 0.3) is 22.2 Å². The number of rotatable bonds is 4. The Labute approximate surface area is 147 Å². The normalized spacial score (nSPS) is 17.7. The van der Waals surface area contributed by atoms with Crippen LogP contribution in [0.2, 0.25) is 0 Å². The van der Waals surface area contributed by atoms with E-state index in [9.17, 15) is 0 Å². The average Bonchev–Trinajstić information content (AvgIpc) is 3.24. The lowest BCUT2D eigenvalue weighted by Gasteiger charge is -2.22. The number of nitrogens with zero attached hydrogens (tertiary/aromatic N) is 5. The summed E-state index contributed by atoms with van der Waals surface area (Å²) in [5.41, 5.74) is 5.21. The molecule has 1 aliphatic rings. The Kier molecular flexibility index (Phi) is 4.23. The lowest BCUT2D eigenvalue weighted by Crippen LogP contribution is -2.33. The summed E-state index contributed by atoms with van der Waals surface area (Å²) in [7, 11) is 4.11. The first-order valence-corrected chi connectivity index (χ1v) is 8.76. The molecule has 1 fully saturated rings. The van der Waals surface area contributed by atoms with Crippen molar-refractivity contribution >= 4 is 10.9 Å². The smallest absolute Gasteiger partial charge is 0.0952 e. The van der Waals surface area contributed by atoms with Crippen LogP contribution in [-0.4, -0.2) is 50.8 Å². The van der Waals surface area contributed by atoms with Gasteiger partial charge in [-0.15, -0.1) is 0 Å². The van der Waals surface area contributed by atoms with Crippen molar-refractivity contribution in [3.63, 3.8) is 0 Å². The van der Waals surface area contributed by atoms with E-state index in [4.69, 9.17) is 0 Å². The number of hydrogen-bond acceptors (Lipinski definition) is 5. The monoisotopic (exact) mass is 336 g/mol. The summed E-state index contributed by atoms with van der Waals surface area (Å²) >= 11 is 0. The van der Waals surface area contributed by atoms with Crippen LogP contribution in [0.1, 0.15) is 17.7 Å². The minimum absolute atomic E-state index is 0.595. The molecule has 6 nitrogen and oxygen atoms in total. The molecule has 1 atom stereocenters. The van der Waals surface area contributed by atoms with Crippen molar-refractivity contribution in [3.8, 4) is 11.3 Å². The maximum Gasteiger partial charge on any atom is 0.0952 e. The molecule has 6 heteroatoms. The molecule has 1 N–H and O–H groups in total. The lowest BCUT2D eigenvalue weighted by molar-refractivity contribution is 0.246. The number of aromatic nitrogens is 4. The number of aryl methyl sites for hydroxylation is 2. The fourth-order valence-electron chi connectivity index (χ4n) is 3.56. The van der Waals surface area contributed by atoms with Crippen molar-refractivity contribution in [3.05, 3.63) is 42.0 Å². The second-order valence-corrected chi connectivity index (χ2v) is 6.99. The summed E-state index contributed by atoms with van der Waals surface area (Å²) in [6, 6.07) is 4.86. The maximum absolute atomic E-state index is 4.65. The van der Waals surface area contributed by atoms with Gasteiger partial charge in [-0.2, -0.15) is 5.10 Å². The Morgan fingerprint density at radius 3 is 2.88 bits per heavy atom. The van der Waals surface area contributed by atoms with Crippen molar-refractivity contribution < 1.29 is 0 Å². The van der Waals surface area contributed by atoms with Crippen LogP contribution in [-0.2, 0) is 13.6 Å². The van der Waals surface area contributed by atoms with Gasteiger partial charge in [0.15, 0.2) is 0 Å². The summed E-state index contributed by atoms with van der Waals surface area (Å²) in [6.45, 7) is 5.09. The van der Waals surface area contributed by atoms with E-state index in [1.165, 1.54) is 6.42 Å². The molecule has 1 saturated heterocycles. The number of hydrogen-bond donors (Lipinski definition) is 1. The number of nitrogens with one attached hydrogen (secondary N) is 1. The third kappa shape index (κ3) is 3.27. The zero-order valence-corrected chi connectivity index (χ0v) is 15.0. The predicted octanol–water partition coefficient (Wildman–Crippen LogP) is 2.13. The van der Waals surface area contributed by atoms with Gasteiger partial charge in [-0.3, -0.25) is 19.5 Å². The minimum Gasteiger partial charge on any atom is -0.315 e. The Hall–Kier alpha value is -2.31. The van der Waals surface area contributed by atoms with E-state index in [0.717, 1.165) is 53.1 Å². The Morgan fingerprint density at radius 2 is 2.16 bits per heavy atom. The van der Waals surface area contributed by atoms with Gasteiger partial charge < -0.3 is 5.32 Å². The highest BCUT2D eigenvalue weighted by molar-refractivity contribution is 5.86. The predicted molar refractivity (Wildman–Crippen MR) is 99.2 cm³/mol. The number of benzene rings is 1. The number of fused-ring (bicyclic) bond motifs is 1. The van der Waals surface area contributed by atoms with Crippen molar-refractivity contribution in [1.82, 2.24) is 30.0 Å². The van der Waals surface area contributed by atoms with E-state index < -0.39 is 0 Å². The van der Waals surface area contributed by atoms with Crippen LogP contribution in [0.4, 0.5) is 0 Å². The zero-order valence-electron chi connectivity index (χ0n) is 15.0. The largest absolute Gasteiger partial charge is 0.315 e. The van der Waals surface area contributed by atoms with Gasteiger partial charge >= 0.3 is 0 Å². The van der Waals surface area contributed by atoms with E-state index >= 15 is 0 Å². The SMILES string of the molecule is Cc1cc(-c2cnc(CN(C)C3CCNC3)cn2)cc2cn(C)nc12. The van der Waals surface area contributed by atoms with Crippen LogP contribution in [0.5, 0.6) is 0 Å². The van der Waals surface area contributed by atoms with Crippen LogP contribution in [0.15, 0.2) is 30.7 Å². The highest BCUT2D eigenvalue weighted by atomic mass is 15.2. The summed E-state index contributed by atoms with van der Waals surface area (Å²) in [5.74, 6) is 0. The summed E-state index contributed by atoms with van der Waals surface area (Å²) < 4.78 is 1.85. The zero-order chi connectivity index (χ0) is 17.4. The third-order valence-corrected chi connectivity index (χ3v) is 4.98. The van der Waals surface area contributed by atoms with E-state index in [1.807, 2.05) is 30.3 Å². The molecule has 3 aromatic rings. The van der Waals surface area contributed by atoms with Gasteiger partial charge in [0.1, 0.15) is 0 Å². The maximum atomic E-state index is 4.65. The highest BCUT2D eigenvalue weighted by Gasteiger charge is 2.19. The molecule has 0 bridgehead atoms. The van der Waals surface area contributed by atoms with Crippen molar-refractivity contribution in [2.45, 2.75) is 25.9 Å². The van der Waals surface area contributed by atoms with Gasteiger partial charge in [0.2, 0.25) is 0 Å². The molecule has 1 aromatic carbocycles. The molecule has 130 valence electrons. The molecule has 0 aliphatic carbocycles. The fraction of sp³-hybridized carbons (Fsp3) is 0.421. The Balaban J connectivity index is 1.55. The lowest BCUT2D eigenvalue weighted by atomic mass is 10.1. The average molecular weight is 336 g/mol. The van der Waals surface area contributed by atoms with E-state index in [0.29, 0.717) is 6.04 Å². The van der Waals surface area contributed by atoms with Crippen LogP contribution in [0, 0.1) is 6.92 Å². The van der Waals surface area contributed by atoms with Crippen LogP contribution in [0.3, 0.4) is 0 Å². The molecule has 3 heterocycles. The van der Waals surface area contributed by atoms with Crippen molar-refractivity contribution in [1.29, 1.82) is 0 Å². The molecule has 2 aromatic heterocycles. The first kappa shape index (κ1) is 16.2. The van der Waals surface area contributed by atoms with Crippen LogP contribution < -0.4 is 5.32 Å². The van der Waals surface area contributed by atoms with Crippen molar-refractivity contribution in [2.24, 2.45) is 7.05 Å². The molecule has 4 rings (SSSR count). The molecular weight excluding hydrogens is 312 g/mol. The minimum atomic E-state index is 0.595. The van der Waals surface area contributed by atoms with Crippen molar-refractivity contribution in [2.75, 3.05) is 20.1 Å². The first-order valence-electron chi connectivity index (χ1n) is 8.76. The second-order valence-electron chi connectivity index (χ2n) is 6.99.